The Morgan fingerprint density at radius 2 is 2.17 bits per heavy atom. The third kappa shape index (κ3) is 3.43. The second-order valence-electron chi connectivity index (χ2n) is 3.52. The number of hydrogen-bond acceptors (Lipinski definition) is 5. The van der Waals surface area contributed by atoms with Gasteiger partial charge in [-0.2, -0.15) is 5.26 Å². The number of non-ortho nitro benzene ring substituents is 1. The molecule has 0 fully saturated rings. The standard InChI is InChI=1S/C10H11N3O4S/c1-2-5-18(16,17)12-10-4-3-9(13(14)15)6-8(10)7-11/h3-4,6,12H,2,5H2,1H3. The lowest BCUT2D eigenvalue weighted by molar-refractivity contribution is -0.384. The number of benzene rings is 1. The van der Waals surface area contributed by atoms with E-state index in [1.165, 1.54) is 6.07 Å². The highest BCUT2D eigenvalue weighted by atomic mass is 32.2. The summed E-state index contributed by atoms with van der Waals surface area (Å²) in [7, 11) is -3.52. The first-order valence-electron chi connectivity index (χ1n) is 5.08. The van der Waals surface area contributed by atoms with Crippen LogP contribution in [0, 0.1) is 21.4 Å². The molecule has 1 aromatic rings. The van der Waals surface area contributed by atoms with Gasteiger partial charge in [0.05, 0.1) is 21.9 Å². The van der Waals surface area contributed by atoms with Gasteiger partial charge in [-0.25, -0.2) is 8.42 Å². The molecule has 1 aromatic carbocycles. The van der Waals surface area contributed by atoms with Gasteiger partial charge in [-0.05, 0) is 12.5 Å². The number of rotatable bonds is 5. The van der Waals surface area contributed by atoms with Crippen molar-refractivity contribution in [2.45, 2.75) is 13.3 Å². The zero-order valence-electron chi connectivity index (χ0n) is 9.58. The van der Waals surface area contributed by atoms with Crippen LogP contribution in [0.3, 0.4) is 0 Å². The van der Waals surface area contributed by atoms with Crippen LogP contribution in [0.5, 0.6) is 0 Å². The van der Waals surface area contributed by atoms with E-state index < -0.39 is 14.9 Å². The lowest BCUT2D eigenvalue weighted by atomic mass is 10.2. The quantitative estimate of drug-likeness (QED) is 0.644. The molecule has 0 radical (unpaired) electrons. The Labute approximate surface area is 104 Å². The third-order valence-electron chi connectivity index (χ3n) is 2.07. The molecule has 0 bridgehead atoms. The van der Waals surface area contributed by atoms with E-state index in [4.69, 9.17) is 5.26 Å². The molecule has 0 unspecified atom stereocenters. The molecule has 96 valence electrons. The first kappa shape index (κ1) is 13.9. The maximum atomic E-state index is 11.5. The van der Waals surface area contributed by atoms with Gasteiger partial charge in [0, 0.05) is 12.1 Å². The Morgan fingerprint density at radius 3 is 2.67 bits per heavy atom. The predicted molar refractivity (Wildman–Crippen MR) is 65.5 cm³/mol. The minimum atomic E-state index is -3.52. The summed E-state index contributed by atoms with van der Waals surface area (Å²) in [6.07, 6.45) is 0.435. The van der Waals surface area contributed by atoms with Crippen LogP contribution in [0.1, 0.15) is 18.9 Å². The fraction of sp³-hybridized carbons (Fsp3) is 0.300. The highest BCUT2D eigenvalue weighted by Gasteiger charge is 2.15. The van der Waals surface area contributed by atoms with E-state index in [2.05, 4.69) is 4.72 Å². The van der Waals surface area contributed by atoms with Crippen molar-refractivity contribution in [3.05, 3.63) is 33.9 Å². The van der Waals surface area contributed by atoms with Crippen molar-refractivity contribution >= 4 is 21.4 Å². The predicted octanol–water partition coefficient (Wildman–Crippen LogP) is 1.62. The maximum Gasteiger partial charge on any atom is 0.270 e. The molecule has 18 heavy (non-hydrogen) atoms. The van der Waals surface area contributed by atoms with Crippen LogP contribution >= 0.6 is 0 Å². The first-order valence-corrected chi connectivity index (χ1v) is 6.74. The number of nitriles is 1. The van der Waals surface area contributed by atoms with Crippen molar-refractivity contribution < 1.29 is 13.3 Å². The average Bonchev–Trinajstić information content (AvgIpc) is 2.28. The second-order valence-corrected chi connectivity index (χ2v) is 5.36. The minimum absolute atomic E-state index is 0.0524. The highest BCUT2D eigenvalue weighted by molar-refractivity contribution is 7.92. The number of anilines is 1. The molecule has 0 atom stereocenters. The summed E-state index contributed by atoms with van der Waals surface area (Å²) in [5.41, 5.74) is -0.287. The van der Waals surface area contributed by atoms with Gasteiger partial charge in [0.2, 0.25) is 10.0 Å². The van der Waals surface area contributed by atoms with Crippen molar-refractivity contribution in [3.8, 4) is 6.07 Å². The molecule has 0 aliphatic heterocycles. The molecule has 0 aliphatic rings. The van der Waals surface area contributed by atoms with Gasteiger partial charge in [0.15, 0.2) is 0 Å². The topological polar surface area (TPSA) is 113 Å². The Kier molecular flexibility index (Phi) is 4.23. The lowest BCUT2D eigenvalue weighted by Gasteiger charge is -2.08. The van der Waals surface area contributed by atoms with Crippen LogP contribution in [-0.4, -0.2) is 19.1 Å². The van der Waals surface area contributed by atoms with Gasteiger partial charge in [0.1, 0.15) is 6.07 Å². The van der Waals surface area contributed by atoms with E-state index in [-0.39, 0.29) is 22.7 Å². The molecule has 1 N–H and O–H groups in total. The van der Waals surface area contributed by atoms with Crippen LogP contribution < -0.4 is 4.72 Å². The zero-order valence-corrected chi connectivity index (χ0v) is 10.4. The Bertz CT molecular complexity index is 604. The number of nitro benzene ring substituents is 1. The largest absolute Gasteiger partial charge is 0.282 e. The van der Waals surface area contributed by atoms with Crippen LogP contribution in [0.25, 0.3) is 0 Å². The van der Waals surface area contributed by atoms with Gasteiger partial charge in [-0.1, -0.05) is 6.92 Å². The fourth-order valence-electron chi connectivity index (χ4n) is 1.31. The van der Waals surface area contributed by atoms with Crippen molar-refractivity contribution in [1.82, 2.24) is 0 Å². The van der Waals surface area contributed by atoms with Crippen molar-refractivity contribution in [3.63, 3.8) is 0 Å². The molecular formula is C10H11N3O4S. The molecule has 7 nitrogen and oxygen atoms in total. The Hall–Kier alpha value is -2.14. The molecule has 0 aromatic heterocycles. The summed E-state index contributed by atoms with van der Waals surface area (Å²) in [6.45, 7) is 1.71. The smallest absolute Gasteiger partial charge is 0.270 e. The van der Waals surface area contributed by atoms with Crippen LogP contribution in [0.2, 0.25) is 0 Å². The van der Waals surface area contributed by atoms with Gasteiger partial charge in [0.25, 0.3) is 5.69 Å². The van der Waals surface area contributed by atoms with Gasteiger partial charge >= 0.3 is 0 Å². The summed E-state index contributed by atoms with van der Waals surface area (Å²) in [4.78, 5) is 9.88. The number of nitro groups is 1. The number of sulfonamides is 1. The summed E-state index contributed by atoms with van der Waals surface area (Å²) in [5.74, 6) is -0.0745. The van der Waals surface area contributed by atoms with E-state index >= 15 is 0 Å². The number of nitrogens with zero attached hydrogens (tertiary/aromatic N) is 2. The molecule has 0 saturated heterocycles. The summed E-state index contributed by atoms with van der Waals surface area (Å²) >= 11 is 0. The van der Waals surface area contributed by atoms with E-state index in [9.17, 15) is 18.5 Å². The van der Waals surface area contributed by atoms with Crippen LogP contribution in [0.15, 0.2) is 18.2 Å². The fourth-order valence-corrected chi connectivity index (χ4v) is 2.47. The molecule has 0 spiro atoms. The number of hydrogen-bond donors (Lipinski definition) is 1. The number of nitrogens with one attached hydrogen (secondary N) is 1. The highest BCUT2D eigenvalue weighted by Crippen LogP contribution is 2.22. The van der Waals surface area contributed by atoms with Gasteiger partial charge < -0.3 is 0 Å². The molecule has 0 amide bonds. The first-order chi connectivity index (χ1) is 8.39. The molecular weight excluding hydrogens is 258 g/mol. The van der Waals surface area contributed by atoms with E-state index in [1.807, 2.05) is 0 Å². The van der Waals surface area contributed by atoms with Crippen molar-refractivity contribution in [2.75, 3.05) is 10.5 Å². The van der Waals surface area contributed by atoms with Crippen molar-refractivity contribution in [2.24, 2.45) is 0 Å². The molecule has 0 heterocycles. The van der Waals surface area contributed by atoms with Crippen molar-refractivity contribution in [1.29, 1.82) is 5.26 Å². The van der Waals surface area contributed by atoms with E-state index in [0.29, 0.717) is 6.42 Å². The average molecular weight is 269 g/mol. The maximum absolute atomic E-state index is 11.5. The van der Waals surface area contributed by atoms with Crippen LogP contribution in [0.4, 0.5) is 11.4 Å². The Balaban J connectivity index is 3.12. The molecule has 8 heteroatoms. The van der Waals surface area contributed by atoms with Crippen LogP contribution in [-0.2, 0) is 10.0 Å². The van der Waals surface area contributed by atoms with Gasteiger partial charge in [-0.3, -0.25) is 14.8 Å². The summed E-state index contributed by atoms with van der Waals surface area (Å²) < 4.78 is 25.3. The third-order valence-corrected chi connectivity index (χ3v) is 3.55. The summed E-state index contributed by atoms with van der Waals surface area (Å²) in [5, 5.41) is 19.4. The van der Waals surface area contributed by atoms with E-state index in [0.717, 1.165) is 12.1 Å². The Morgan fingerprint density at radius 1 is 1.50 bits per heavy atom. The normalized spacial score (nSPS) is 10.7. The monoisotopic (exact) mass is 269 g/mol. The summed E-state index contributed by atoms with van der Waals surface area (Å²) in [6, 6.07) is 5.11. The molecule has 1 rings (SSSR count). The SMILES string of the molecule is CCCS(=O)(=O)Nc1ccc([N+](=O)[O-])cc1C#N. The van der Waals surface area contributed by atoms with Gasteiger partial charge in [-0.15, -0.1) is 0 Å². The molecule has 0 saturated carbocycles. The lowest BCUT2D eigenvalue weighted by Crippen LogP contribution is -2.16. The minimum Gasteiger partial charge on any atom is -0.282 e. The second kappa shape index (κ2) is 5.46. The van der Waals surface area contributed by atoms with E-state index in [1.54, 1.807) is 13.0 Å². The zero-order chi connectivity index (χ0) is 13.8. The molecule has 0 aliphatic carbocycles.